The number of rotatable bonds is 4. The van der Waals surface area contributed by atoms with E-state index in [-0.39, 0.29) is 18.1 Å². The minimum Gasteiger partial charge on any atom is -0.501 e. The Morgan fingerprint density at radius 1 is 1.22 bits per heavy atom. The van der Waals surface area contributed by atoms with Gasteiger partial charge in [0.05, 0.1) is 10.0 Å². The summed E-state index contributed by atoms with van der Waals surface area (Å²) in [6.07, 6.45) is 1.53. The summed E-state index contributed by atoms with van der Waals surface area (Å²) in [5, 5.41) is 10.8. The number of aromatic amines is 1. The van der Waals surface area contributed by atoms with Crippen molar-refractivity contribution in [2.75, 3.05) is 7.05 Å². The van der Waals surface area contributed by atoms with Gasteiger partial charge in [0.2, 0.25) is 5.75 Å². The van der Waals surface area contributed by atoms with Crippen molar-refractivity contribution < 1.29 is 9.90 Å². The number of benzene rings is 1. The van der Waals surface area contributed by atoms with E-state index in [0.29, 0.717) is 15.7 Å². The van der Waals surface area contributed by atoms with Gasteiger partial charge in [0.15, 0.2) is 11.5 Å². The molecule has 0 bridgehead atoms. The van der Waals surface area contributed by atoms with Crippen molar-refractivity contribution in [3.8, 4) is 17.3 Å². The van der Waals surface area contributed by atoms with Crippen LogP contribution >= 0.6 is 23.2 Å². The SMILES string of the molecule is CN(Cc1ccc(Cl)c(Cl)c1)C(=O)c1nc(-c2ccccn2)[nH]c(=O)c1O. The lowest BCUT2D eigenvalue weighted by Crippen LogP contribution is -2.29. The van der Waals surface area contributed by atoms with E-state index >= 15 is 0 Å². The van der Waals surface area contributed by atoms with E-state index in [1.54, 1.807) is 36.4 Å². The summed E-state index contributed by atoms with van der Waals surface area (Å²) in [6, 6.07) is 10.0. The first-order valence-corrected chi connectivity index (χ1v) is 8.56. The Morgan fingerprint density at radius 3 is 2.67 bits per heavy atom. The largest absolute Gasteiger partial charge is 0.501 e. The number of aromatic nitrogens is 3. The number of nitrogens with zero attached hydrogens (tertiary/aromatic N) is 3. The van der Waals surface area contributed by atoms with Crippen molar-refractivity contribution in [3.05, 3.63) is 74.3 Å². The van der Waals surface area contributed by atoms with Gasteiger partial charge in [0.1, 0.15) is 5.69 Å². The third-order valence-corrected chi connectivity index (χ3v) is 4.49. The summed E-state index contributed by atoms with van der Waals surface area (Å²) in [4.78, 5) is 36.6. The normalized spacial score (nSPS) is 10.6. The second kappa shape index (κ2) is 7.77. The van der Waals surface area contributed by atoms with Crippen molar-refractivity contribution in [1.82, 2.24) is 19.9 Å². The third kappa shape index (κ3) is 4.10. The maximum absolute atomic E-state index is 12.7. The number of hydrogen-bond donors (Lipinski definition) is 2. The molecule has 2 heterocycles. The molecule has 0 saturated heterocycles. The fraction of sp³-hybridized carbons (Fsp3) is 0.111. The Labute approximate surface area is 164 Å². The van der Waals surface area contributed by atoms with Crippen molar-refractivity contribution >= 4 is 29.1 Å². The predicted octanol–water partition coefficient (Wildman–Crippen LogP) is 3.12. The number of H-pyrrole nitrogens is 1. The van der Waals surface area contributed by atoms with Gasteiger partial charge >= 0.3 is 0 Å². The highest BCUT2D eigenvalue weighted by Gasteiger charge is 2.22. The molecular formula is C18H14Cl2N4O3. The van der Waals surface area contributed by atoms with Crippen LogP contribution in [0.5, 0.6) is 5.75 Å². The number of amides is 1. The van der Waals surface area contributed by atoms with Crippen LogP contribution in [0, 0.1) is 0 Å². The molecular weight excluding hydrogens is 391 g/mol. The molecule has 9 heteroatoms. The number of nitrogens with one attached hydrogen (secondary N) is 1. The second-order valence-corrected chi connectivity index (χ2v) is 6.55. The molecule has 3 aromatic rings. The first-order valence-electron chi connectivity index (χ1n) is 7.81. The maximum Gasteiger partial charge on any atom is 0.294 e. The van der Waals surface area contributed by atoms with Crippen LogP contribution in [0.4, 0.5) is 0 Å². The summed E-state index contributed by atoms with van der Waals surface area (Å²) in [7, 11) is 1.52. The lowest BCUT2D eigenvalue weighted by Gasteiger charge is -2.18. The van der Waals surface area contributed by atoms with E-state index in [4.69, 9.17) is 23.2 Å². The molecule has 3 rings (SSSR count). The van der Waals surface area contributed by atoms with Crippen LogP contribution in [0.25, 0.3) is 11.5 Å². The number of pyridine rings is 1. The van der Waals surface area contributed by atoms with Crippen molar-refractivity contribution in [1.29, 1.82) is 0 Å². The topological polar surface area (TPSA) is 99.2 Å². The summed E-state index contributed by atoms with van der Waals surface area (Å²) in [5.74, 6) is -1.28. The minimum atomic E-state index is -0.822. The molecule has 7 nitrogen and oxygen atoms in total. The van der Waals surface area contributed by atoms with E-state index in [9.17, 15) is 14.7 Å². The van der Waals surface area contributed by atoms with Gasteiger partial charge in [-0.3, -0.25) is 14.6 Å². The Balaban J connectivity index is 1.92. The molecule has 0 aliphatic heterocycles. The van der Waals surface area contributed by atoms with Gasteiger partial charge in [-0.1, -0.05) is 35.3 Å². The number of carbonyl (C=O) groups excluding carboxylic acids is 1. The van der Waals surface area contributed by atoms with Crippen LogP contribution in [0.3, 0.4) is 0 Å². The number of aromatic hydroxyl groups is 1. The van der Waals surface area contributed by atoms with E-state index in [0.717, 1.165) is 5.56 Å². The summed E-state index contributed by atoms with van der Waals surface area (Å²) in [6.45, 7) is 0.183. The third-order valence-electron chi connectivity index (χ3n) is 3.76. The molecule has 138 valence electrons. The van der Waals surface area contributed by atoms with Crippen molar-refractivity contribution in [2.24, 2.45) is 0 Å². The summed E-state index contributed by atoms with van der Waals surface area (Å²) < 4.78 is 0. The van der Waals surface area contributed by atoms with E-state index in [1.807, 2.05) is 0 Å². The molecule has 1 aromatic carbocycles. The van der Waals surface area contributed by atoms with Crippen molar-refractivity contribution in [3.63, 3.8) is 0 Å². The van der Waals surface area contributed by atoms with Crippen LogP contribution in [0.15, 0.2) is 47.4 Å². The van der Waals surface area contributed by atoms with Gasteiger partial charge in [-0.05, 0) is 29.8 Å². The lowest BCUT2D eigenvalue weighted by molar-refractivity contribution is 0.0775. The fourth-order valence-corrected chi connectivity index (χ4v) is 2.73. The zero-order valence-corrected chi connectivity index (χ0v) is 15.6. The van der Waals surface area contributed by atoms with Crippen molar-refractivity contribution in [2.45, 2.75) is 6.54 Å². The zero-order valence-electron chi connectivity index (χ0n) is 14.1. The van der Waals surface area contributed by atoms with Gasteiger partial charge in [0, 0.05) is 19.8 Å². The molecule has 1 amide bonds. The Hall–Kier alpha value is -2.90. The molecule has 2 N–H and O–H groups in total. The summed E-state index contributed by atoms with van der Waals surface area (Å²) in [5.41, 5.74) is -0.0794. The molecule has 0 saturated carbocycles. The Bertz CT molecular complexity index is 1050. The predicted molar refractivity (Wildman–Crippen MR) is 102 cm³/mol. The average Bonchev–Trinajstić information content (AvgIpc) is 2.67. The Morgan fingerprint density at radius 2 is 2.00 bits per heavy atom. The van der Waals surface area contributed by atoms with Gasteiger partial charge in [0.25, 0.3) is 11.5 Å². The second-order valence-electron chi connectivity index (χ2n) is 5.74. The minimum absolute atomic E-state index is 0.0877. The maximum atomic E-state index is 12.7. The van der Waals surface area contributed by atoms with E-state index < -0.39 is 17.2 Å². The molecule has 0 aliphatic rings. The molecule has 0 spiro atoms. The fourth-order valence-electron chi connectivity index (χ4n) is 2.40. The molecule has 0 radical (unpaired) electrons. The monoisotopic (exact) mass is 404 g/mol. The smallest absolute Gasteiger partial charge is 0.294 e. The van der Waals surface area contributed by atoms with Crippen LogP contribution in [-0.4, -0.2) is 37.9 Å². The molecule has 2 aromatic heterocycles. The molecule has 0 unspecified atom stereocenters. The van der Waals surface area contributed by atoms with E-state index in [1.165, 1.54) is 18.1 Å². The first-order chi connectivity index (χ1) is 12.9. The van der Waals surface area contributed by atoms with Gasteiger partial charge in [-0.2, -0.15) is 0 Å². The summed E-state index contributed by atoms with van der Waals surface area (Å²) >= 11 is 11.9. The molecule has 0 aliphatic carbocycles. The Kier molecular flexibility index (Phi) is 5.43. The number of hydrogen-bond acceptors (Lipinski definition) is 5. The zero-order chi connectivity index (χ0) is 19.6. The van der Waals surface area contributed by atoms with Gasteiger partial charge in [-0.25, -0.2) is 4.98 Å². The highest BCUT2D eigenvalue weighted by atomic mass is 35.5. The number of halogens is 2. The van der Waals surface area contributed by atoms with Gasteiger partial charge < -0.3 is 15.0 Å². The van der Waals surface area contributed by atoms with Crippen LogP contribution in [0.1, 0.15) is 16.1 Å². The van der Waals surface area contributed by atoms with E-state index in [2.05, 4.69) is 15.0 Å². The first kappa shape index (κ1) is 18.9. The standard InChI is InChI=1S/C18H14Cl2N4O3/c1-24(9-10-5-6-11(19)12(20)8-10)18(27)14-15(25)17(26)23-16(22-14)13-4-2-3-7-21-13/h2-8,25H,9H2,1H3,(H,22,23,26). The lowest BCUT2D eigenvalue weighted by atomic mass is 10.2. The highest BCUT2D eigenvalue weighted by molar-refractivity contribution is 6.42. The molecule has 0 atom stereocenters. The van der Waals surface area contributed by atoms with Crippen LogP contribution < -0.4 is 5.56 Å². The average molecular weight is 405 g/mol. The molecule has 27 heavy (non-hydrogen) atoms. The van der Waals surface area contributed by atoms with Gasteiger partial charge in [-0.15, -0.1) is 0 Å². The van der Waals surface area contributed by atoms with Crippen LogP contribution in [0.2, 0.25) is 10.0 Å². The highest BCUT2D eigenvalue weighted by Crippen LogP contribution is 2.24. The van der Waals surface area contributed by atoms with Crippen LogP contribution in [-0.2, 0) is 6.54 Å². The quantitative estimate of drug-likeness (QED) is 0.695. The number of carbonyl (C=O) groups is 1. The molecule has 0 fully saturated rings.